The number of nitrogens with two attached hydrogens (primary N) is 1. The van der Waals surface area contributed by atoms with Crippen LogP contribution >= 0.6 is 0 Å². The van der Waals surface area contributed by atoms with Crippen LogP contribution in [0.4, 0.5) is 0 Å². The van der Waals surface area contributed by atoms with Crippen LogP contribution in [-0.2, 0) is 0 Å². The lowest BCUT2D eigenvalue weighted by Gasteiger charge is -2.32. The van der Waals surface area contributed by atoms with Gasteiger partial charge in [-0.15, -0.1) is 0 Å². The number of rotatable bonds is 3. The van der Waals surface area contributed by atoms with Gasteiger partial charge in [0, 0.05) is 24.7 Å². The molecule has 1 unspecified atom stereocenters. The minimum atomic E-state index is 0.165. The summed E-state index contributed by atoms with van der Waals surface area (Å²) in [5.74, 6) is 0. The van der Waals surface area contributed by atoms with Gasteiger partial charge in [0.05, 0.1) is 0 Å². The van der Waals surface area contributed by atoms with E-state index in [9.17, 15) is 0 Å². The standard InChI is InChI=1S/C14H29N3/c1-13-12-16(2)9-5-10-17(13)11-8-14(15)6-3-4-7-14/h13H,3-12,15H2,1-2H3. The SMILES string of the molecule is CC1CN(C)CCCN1CCC1(N)CCCC1. The molecule has 2 fully saturated rings. The van der Waals surface area contributed by atoms with Gasteiger partial charge < -0.3 is 10.6 Å². The highest BCUT2D eigenvalue weighted by molar-refractivity contribution is 4.90. The third-order valence-corrected chi connectivity index (χ3v) is 4.68. The Morgan fingerprint density at radius 2 is 1.88 bits per heavy atom. The number of hydrogen-bond acceptors (Lipinski definition) is 3. The predicted octanol–water partition coefficient (Wildman–Crippen LogP) is 1.67. The van der Waals surface area contributed by atoms with Crippen LogP contribution in [0.5, 0.6) is 0 Å². The van der Waals surface area contributed by atoms with Crippen molar-refractivity contribution in [1.82, 2.24) is 9.80 Å². The molecular formula is C14H29N3. The zero-order valence-electron chi connectivity index (χ0n) is 11.6. The molecule has 100 valence electrons. The second-order valence-corrected chi connectivity index (χ2v) is 6.32. The zero-order valence-corrected chi connectivity index (χ0v) is 11.6. The Morgan fingerprint density at radius 1 is 1.18 bits per heavy atom. The summed E-state index contributed by atoms with van der Waals surface area (Å²) in [6.07, 6.45) is 7.67. The third-order valence-electron chi connectivity index (χ3n) is 4.68. The molecule has 3 nitrogen and oxygen atoms in total. The molecule has 0 aromatic heterocycles. The van der Waals surface area contributed by atoms with Gasteiger partial charge in [0.25, 0.3) is 0 Å². The monoisotopic (exact) mass is 239 g/mol. The van der Waals surface area contributed by atoms with E-state index in [1.165, 1.54) is 64.7 Å². The Balaban J connectivity index is 1.81. The van der Waals surface area contributed by atoms with E-state index in [2.05, 4.69) is 23.8 Å². The maximum absolute atomic E-state index is 6.45. The van der Waals surface area contributed by atoms with Crippen LogP contribution in [-0.4, -0.2) is 54.6 Å². The molecule has 0 aromatic carbocycles. The molecule has 1 saturated carbocycles. The first-order chi connectivity index (χ1) is 8.09. The smallest absolute Gasteiger partial charge is 0.0194 e. The van der Waals surface area contributed by atoms with Crippen LogP contribution in [0, 0.1) is 0 Å². The van der Waals surface area contributed by atoms with Gasteiger partial charge in [0.15, 0.2) is 0 Å². The molecule has 0 amide bonds. The molecule has 1 aliphatic heterocycles. The van der Waals surface area contributed by atoms with E-state index in [0.29, 0.717) is 6.04 Å². The summed E-state index contributed by atoms with van der Waals surface area (Å²) in [4.78, 5) is 5.11. The lowest BCUT2D eigenvalue weighted by atomic mass is 9.94. The molecule has 17 heavy (non-hydrogen) atoms. The van der Waals surface area contributed by atoms with E-state index in [4.69, 9.17) is 5.73 Å². The summed E-state index contributed by atoms with van der Waals surface area (Å²) in [5.41, 5.74) is 6.62. The molecule has 0 spiro atoms. The fraction of sp³-hybridized carbons (Fsp3) is 1.00. The van der Waals surface area contributed by atoms with Crippen LogP contribution < -0.4 is 5.73 Å². The van der Waals surface area contributed by atoms with Crippen LogP contribution in [0.1, 0.15) is 45.4 Å². The first kappa shape index (κ1) is 13.3. The van der Waals surface area contributed by atoms with E-state index in [-0.39, 0.29) is 5.54 Å². The second kappa shape index (κ2) is 5.68. The number of nitrogens with zero attached hydrogens (tertiary/aromatic N) is 2. The van der Waals surface area contributed by atoms with Gasteiger partial charge >= 0.3 is 0 Å². The number of likely N-dealkylation sites (N-methyl/N-ethyl adjacent to an activating group) is 1. The fourth-order valence-corrected chi connectivity index (χ4v) is 3.45. The van der Waals surface area contributed by atoms with Crippen LogP contribution in [0.15, 0.2) is 0 Å². The minimum Gasteiger partial charge on any atom is -0.325 e. The first-order valence-corrected chi connectivity index (χ1v) is 7.31. The van der Waals surface area contributed by atoms with E-state index in [1.807, 2.05) is 0 Å². The predicted molar refractivity (Wildman–Crippen MR) is 73.2 cm³/mol. The van der Waals surface area contributed by atoms with Gasteiger partial charge in [0.1, 0.15) is 0 Å². The maximum Gasteiger partial charge on any atom is 0.0194 e. The van der Waals surface area contributed by atoms with Crippen molar-refractivity contribution in [2.24, 2.45) is 5.73 Å². The summed E-state index contributed by atoms with van der Waals surface area (Å²) in [6.45, 7) is 7.26. The molecule has 1 heterocycles. The molecule has 0 aromatic rings. The van der Waals surface area contributed by atoms with Crippen LogP contribution in [0.25, 0.3) is 0 Å². The van der Waals surface area contributed by atoms with Crippen LogP contribution in [0.3, 0.4) is 0 Å². The Morgan fingerprint density at radius 3 is 2.59 bits per heavy atom. The highest BCUT2D eigenvalue weighted by atomic mass is 15.2. The fourth-order valence-electron chi connectivity index (χ4n) is 3.45. The number of hydrogen-bond donors (Lipinski definition) is 1. The molecule has 1 atom stereocenters. The summed E-state index contributed by atoms with van der Waals surface area (Å²) in [6, 6.07) is 0.688. The molecule has 2 rings (SSSR count). The minimum absolute atomic E-state index is 0.165. The Hall–Kier alpha value is -0.120. The summed E-state index contributed by atoms with van der Waals surface area (Å²) >= 11 is 0. The maximum atomic E-state index is 6.45. The van der Waals surface area contributed by atoms with E-state index in [1.54, 1.807) is 0 Å². The lowest BCUT2D eigenvalue weighted by molar-refractivity contribution is 0.183. The van der Waals surface area contributed by atoms with Crippen molar-refractivity contribution >= 4 is 0 Å². The van der Waals surface area contributed by atoms with E-state index >= 15 is 0 Å². The molecule has 2 N–H and O–H groups in total. The van der Waals surface area contributed by atoms with Gasteiger partial charge in [-0.3, -0.25) is 4.90 Å². The van der Waals surface area contributed by atoms with Gasteiger partial charge in [-0.1, -0.05) is 12.8 Å². The first-order valence-electron chi connectivity index (χ1n) is 7.31. The summed E-state index contributed by atoms with van der Waals surface area (Å²) < 4.78 is 0. The third kappa shape index (κ3) is 3.67. The average Bonchev–Trinajstić information content (AvgIpc) is 2.63. The topological polar surface area (TPSA) is 32.5 Å². The van der Waals surface area contributed by atoms with Crippen molar-refractivity contribution in [3.05, 3.63) is 0 Å². The molecule has 2 aliphatic rings. The second-order valence-electron chi connectivity index (χ2n) is 6.32. The summed E-state index contributed by atoms with van der Waals surface area (Å²) in [5, 5.41) is 0. The van der Waals surface area contributed by atoms with Crippen molar-refractivity contribution in [2.75, 3.05) is 33.2 Å². The van der Waals surface area contributed by atoms with E-state index < -0.39 is 0 Å². The van der Waals surface area contributed by atoms with Gasteiger partial charge in [-0.25, -0.2) is 0 Å². The molecule has 0 bridgehead atoms. The van der Waals surface area contributed by atoms with Gasteiger partial charge in [-0.05, 0) is 52.7 Å². The molecule has 1 saturated heterocycles. The van der Waals surface area contributed by atoms with Crippen molar-refractivity contribution in [3.8, 4) is 0 Å². The van der Waals surface area contributed by atoms with Crippen molar-refractivity contribution in [2.45, 2.75) is 57.0 Å². The molecule has 3 heteroatoms. The zero-order chi connectivity index (χ0) is 12.3. The highest BCUT2D eigenvalue weighted by Crippen LogP contribution is 2.30. The van der Waals surface area contributed by atoms with E-state index in [0.717, 1.165) is 0 Å². The van der Waals surface area contributed by atoms with Crippen molar-refractivity contribution in [3.63, 3.8) is 0 Å². The lowest BCUT2D eigenvalue weighted by Crippen LogP contribution is -2.44. The van der Waals surface area contributed by atoms with Crippen LogP contribution in [0.2, 0.25) is 0 Å². The Kier molecular flexibility index (Phi) is 4.45. The largest absolute Gasteiger partial charge is 0.325 e. The summed E-state index contributed by atoms with van der Waals surface area (Å²) in [7, 11) is 2.24. The molecule has 0 radical (unpaired) electrons. The molecular weight excluding hydrogens is 210 g/mol. The van der Waals surface area contributed by atoms with Gasteiger partial charge in [0.2, 0.25) is 0 Å². The van der Waals surface area contributed by atoms with Crippen molar-refractivity contribution < 1.29 is 0 Å². The average molecular weight is 239 g/mol. The van der Waals surface area contributed by atoms with Gasteiger partial charge in [-0.2, -0.15) is 0 Å². The molecule has 1 aliphatic carbocycles. The Bertz CT molecular complexity index is 236. The normalized spacial score (nSPS) is 31.6. The highest BCUT2D eigenvalue weighted by Gasteiger charge is 2.30. The quantitative estimate of drug-likeness (QED) is 0.813. The Labute approximate surface area is 106 Å². The van der Waals surface area contributed by atoms with Crippen molar-refractivity contribution in [1.29, 1.82) is 0 Å².